The first kappa shape index (κ1) is 9.91. The van der Waals surface area contributed by atoms with E-state index in [4.69, 9.17) is 4.74 Å². The summed E-state index contributed by atoms with van der Waals surface area (Å²) in [5.41, 5.74) is 2.81. The molecule has 1 saturated heterocycles. The van der Waals surface area contributed by atoms with Gasteiger partial charge in [0.2, 0.25) is 0 Å². The summed E-state index contributed by atoms with van der Waals surface area (Å²) in [4.78, 5) is 0. The summed E-state index contributed by atoms with van der Waals surface area (Å²) in [7, 11) is 1.73. The van der Waals surface area contributed by atoms with Gasteiger partial charge in [0.05, 0.1) is 7.11 Å². The highest BCUT2D eigenvalue weighted by Crippen LogP contribution is 2.37. The fourth-order valence-electron chi connectivity index (χ4n) is 2.87. The van der Waals surface area contributed by atoms with E-state index in [1.807, 2.05) is 6.07 Å². The van der Waals surface area contributed by atoms with Crippen molar-refractivity contribution in [3.05, 3.63) is 35.4 Å². The number of ether oxygens (including phenoxy) is 1. The van der Waals surface area contributed by atoms with E-state index in [1.165, 1.54) is 17.5 Å². The van der Waals surface area contributed by atoms with Gasteiger partial charge in [0.25, 0.3) is 0 Å². The average molecular weight is 215 g/mol. The molecular formula is C14H17NO. The van der Waals surface area contributed by atoms with Crippen LogP contribution in [0.1, 0.15) is 23.5 Å². The van der Waals surface area contributed by atoms with E-state index in [-0.39, 0.29) is 0 Å². The van der Waals surface area contributed by atoms with E-state index >= 15 is 0 Å². The van der Waals surface area contributed by atoms with Crippen LogP contribution in [-0.4, -0.2) is 20.2 Å². The fraction of sp³-hybridized carbons (Fsp3) is 0.429. The van der Waals surface area contributed by atoms with Gasteiger partial charge in [0.15, 0.2) is 0 Å². The highest BCUT2D eigenvalue weighted by atomic mass is 16.5. The van der Waals surface area contributed by atoms with Crippen LogP contribution in [-0.2, 0) is 0 Å². The molecule has 2 unspecified atom stereocenters. The number of nitrogens with one attached hydrogen (secondary N) is 1. The number of hydrogen-bond acceptors (Lipinski definition) is 2. The first-order valence-electron chi connectivity index (χ1n) is 5.93. The molecule has 0 aromatic heterocycles. The lowest BCUT2D eigenvalue weighted by molar-refractivity contribution is 0.413. The topological polar surface area (TPSA) is 21.3 Å². The van der Waals surface area contributed by atoms with E-state index in [1.54, 1.807) is 7.11 Å². The van der Waals surface area contributed by atoms with Gasteiger partial charge in [-0.2, -0.15) is 0 Å². The largest absolute Gasteiger partial charge is 0.497 e. The highest BCUT2D eigenvalue weighted by Gasteiger charge is 2.30. The van der Waals surface area contributed by atoms with Crippen LogP contribution in [0.3, 0.4) is 0 Å². The summed E-state index contributed by atoms with van der Waals surface area (Å²) in [5.74, 6) is 2.38. The summed E-state index contributed by atoms with van der Waals surface area (Å²) in [6.07, 6.45) is 5.75. The van der Waals surface area contributed by atoms with Crippen molar-refractivity contribution in [3.63, 3.8) is 0 Å². The zero-order valence-electron chi connectivity index (χ0n) is 9.57. The third-order valence-corrected chi connectivity index (χ3v) is 3.77. The van der Waals surface area contributed by atoms with Gasteiger partial charge in [-0.05, 0) is 42.1 Å². The van der Waals surface area contributed by atoms with Crippen LogP contribution < -0.4 is 10.1 Å². The monoisotopic (exact) mass is 215 g/mol. The molecule has 16 heavy (non-hydrogen) atoms. The summed E-state index contributed by atoms with van der Waals surface area (Å²) in [6.45, 7) is 2.25. The Morgan fingerprint density at radius 1 is 1.31 bits per heavy atom. The number of benzene rings is 1. The number of hydrogen-bond donors (Lipinski definition) is 1. The Hall–Kier alpha value is -1.28. The van der Waals surface area contributed by atoms with Gasteiger partial charge in [-0.1, -0.05) is 18.2 Å². The highest BCUT2D eigenvalue weighted by molar-refractivity contribution is 5.58. The predicted octanol–water partition coefficient (Wildman–Crippen LogP) is 2.42. The molecule has 1 N–H and O–H groups in total. The molecule has 2 nitrogen and oxygen atoms in total. The minimum absolute atomic E-state index is 0.653. The normalized spacial score (nSPS) is 27.1. The minimum atomic E-state index is 0.653. The standard InChI is InChI=1S/C14H17NO/c1-16-12-6-5-10-3-2-4-11-8-15-9-14(11)13(10)7-12/h2-3,5-7,11,14-15H,4,8-9H2,1H3. The van der Waals surface area contributed by atoms with Gasteiger partial charge in [-0.3, -0.25) is 0 Å². The lowest BCUT2D eigenvalue weighted by Crippen LogP contribution is -2.09. The molecule has 2 aliphatic rings. The van der Waals surface area contributed by atoms with Crippen LogP contribution in [0.15, 0.2) is 24.3 Å². The van der Waals surface area contributed by atoms with Crippen LogP contribution in [0.5, 0.6) is 5.75 Å². The van der Waals surface area contributed by atoms with Gasteiger partial charge in [-0.25, -0.2) is 0 Å². The molecule has 1 aromatic rings. The second kappa shape index (κ2) is 3.95. The number of methoxy groups -OCH3 is 1. The minimum Gasteiger partial charge on any atom is -0.497 e. The van der Waals surface area contributed by atoms with Crippen LogP contribution in [0, 0.1) is 5.92 Å². The second-order valence-electron chi connectivity index (χ2n) is 4.66. The van der Waals surface area contributed by atoms with Crippen molar-refractivity contribution < 1.29 is 4.74 Å². The Kier molecular flexibility index (Phi) is 2.44. The summed E-state index contributed by atoms with van der Waals surface area (Å²) in [6, 6.07) is 6.42. The average Bonchev–Trinajstić information content (AvgIpc) is 2.71. The van der Waals surface area contributed by atoms with Crippen LogP contribution in [0.2, 0.25) is 0 Å². The van der Waals surface area contributed by atoms with Crippen LogP contribution >= 0.6 is 0 Å². The Morgan fingerprint density at radius 2 is 2.25 bits per heavy atom. The van der Waals surface area contributed by atoms with Gasteiger partial charge >= 0.3 is 0 Å². The first-order valence-corrected chi connectivity index (χ1v) is 5.93. The molecule has 0 saturated carbocycles. The Balaban J connectivity index is 2.07. The Bertz CT molecular complexity index is 425. The van der Waals surface area contributed by atoms with E-state index < -0.39 is 0 Å². The maximum atomic E-state index is 5.33. The summed E-state index contributed by atoms with van der Waals surface area (Å²) < 4.78 is 5.33. The van der Waals surface area contributed by atoms with Crippen molar-refractivity contribution in [1.82, 2.24) is 5.32 Å². The zero-order valence-corrected chi connectivity index (χ0v) is 9.57. The van der Waals surface area contributed by atoms with Crippen molar-refractivity contribution in [2.75, 3.05) is 20.2 Å². The third kappa shape index (κ3) is 1.54. The summed E-state index contributed by atoms with van der Waals surface area (Å²) in [5, 5.41) is 3.50. The second-order valence-corrected chi connectivity index (χ2v) is 4.66. The summed E-state index contributed by atoms with van der Waals surface area (Å²) >= 11 is 0. The molecule has 2 heteroatoms. The molecule has 0 amide bonds. The molecular weight excluding hydrogens is 198 g/mol. The molecule has 1 heterocycles. The van der Waals surface area contributed by atoms with E-state index in [0.717, 1.165) is 24.8 Å². The molecule has 1 aliphatic carbocycles. The SMILES string of the molecule is COc1ccc2c(c1)C1CNCC1CC=C2. The maximum absolute atomic E-state index is 5.33. The number of allylic oxidation sites excluding steroid dienone is 1. The van der Waals surface area contributed by atoms with E-state index in [9.17, 15) is 0 Å². The van der Waals surface area contributed by atoms with Gasteiger partial charge in [0, 0.05) is 12.5 Å². The zero-order chi connectivity index (χ0) is 11.0. The van der Waals surface area contributed by atoms with E-state index in [0.29, 0.717) is 5.92 Å². The maximum Gasteiger partial charge on any atom is 0.119 e. The number of rotatable bonds is 1. The molecule has 1 fully saturated rings. The van der Waals surface area contributed by atoms with Crippen molar-refractivity contribution in [2.45, 2.75) is 12.3 Å². The molecule has 0 bridgehead atoms. The van der Waals surface area contributed by atoms with Gasteiger partial charge in [-0.15, -0.1) is 0 Å². The smallest absolute Gasteiger partial charge is 0.119 e. The van der Waals surface area contributed by atoms with E-state index in [2.05, 4.69) is 29.6 Å². The quantitative estimate of drug-likeness (QED) is 0.776. The molecule has 2 atom stereocenters. The molecule has 0 radical (unpaired) electrons. The first-order chi connectivity index (χ1) is 7.88. The Labute approximate surface area is 96.3 Å². The molecule has 84 valence electrons. The predicted molar refractivity (Wildman–Crippen MR) is 65.7 cm³/mol. The number of fused-ring (bicyclic) bond motifs is 3. The molecule has 3 rings (SSSR count). The molecule has 1 aliphatic heterocycles. The van der Waals surface area contributed by atoms with Crippen molar-refractivity contribution in [2.24, 2.45) is 5.92 Å². The third-order valence-electron chi connectivity index (χ3n) is 3.77. The van der Waals surface area contributed by atoms with Crippen molar-refractivity contribution in [1.29, 1.82) is 0 Å². The van der Waals surface area contributed by atoms with Crippen molar-refractivity contribution >= 4 is 6.08 Å². The molecule has 1 aromatic carbocycles. The lowest BCUT2D eigenvalue weighted by Gasteiger charge is -2.18. The molecule has 0 spiro atoms. The van der Waals surface area contributed by atoms with Gasteiger partial charge in [0.1, 0.15) is 5.75 Å². The van der Waals surface area contributed by atoms with Crippen molar-refractivity contribution in [3.8, 4) is 5.75 Å². The Morgan fingerprint density at radius 3 is 3.12 bits per heavy atom. The van der Waals surface area contributed by atoms with Crippen LogP contribution in [0.4, 0.5) is 0 Å². The fourth-order valence-corrected chi connectivity index (χ4v) is 2.87. The van der Waals surface area contributed by atoms with Crippen LogP contribution in [0.25, 0.3) is 6.08 Å². The van der Waals surface area contributed by atoms with Gasteiger partial charge < -0.3 is 10.1 Å². The lowest BCUT2D eigenvalue weighted by atomic mass is 9.86.